The van der Waals surface area contributed by atoms with Gasteiger partial charge in [0.15, 0.2) is 5.82 Å². The highest BCUT2D eigenvalue weighted by Gasteiger charge is 2.37. The number of hydrogen-bond acceptors (Lipinski definition) is 9. The number of H-pyrrole nitrogens is 1. The Bertz CT molecular complexity index is 1900. The predicted molar refractivity (Wildman–Crippen MR) is 212 cm³/mol. The molecule has 13 nitrogen and oxygen atoms in total. The molecule has 3 aromatic heterocycles. The summed E-state index contributed by atoms with van der Waals surface area (Å²) in [5, 5.41) is 0. The number of rotatable bonds is 10. The van der Waals surface area contributed by atoms with Crippen molar-refractivity contribution in [2.24, 2.45) is 0 Å². The van der Waals surface area contributed by atoms with E-state index in [1.165, 1.54) is 0 Å². The summed E-state index contributed by atoms with van der Waals surface area (Å²) in [5.74, 6) is 3.11. The van der Waals surface area contributed by atoms with Gasteiger partial charge in [-0.15, -0.1) is 0 Å². The fraction of sp³-hybridized carbons (Fsp3) is 0.550. The van der Waals surface area contributed by atoms with E-state index >= 15 is 0 Å². The third kappa shape index (κ3) is 9.62. The second kappa shape index (κ2) is 15.7. The number of likely N-dealkylation sites (tertiary alicyclic amines) is 2. The van der Waals surface area contributed by atoms with Crippen LogP contribution in [-0.4, -0.2) is 107 Å². The van der Waals surface area contributed by atoms with Gasteiger partial charge in [-0.05, 0) is 91.6 Å². The van der Waals surface area contributed by atoms with Gasteiger partial charge in [-0.2, -0.15) is 0 Å². The standard InChI is InChI=1S/C40H56N8O5S/c1-39(2,3)52-37(49)46-18-10-12-31(46)35-43-24-30(45-35)27-14-16-28(17-15-27)34-41-22-29(23-42-34)33-25-44-36(48(33)26-51-20-21-54(7,8)9)32-13-11-19-47(32)38(50)53-40(4,5)6/h14-17,22-25,31-32H,10-13,18-21,26H2,1-9H3,(H,43,45)/t31-,32-/m0/s1. The number of imidazole rings is 2. The van der Waals surface area contributed by atoms with Crippen LogP contribution in [0.3, 0.4) is 0 Å². The molecular weight excluding hydrogens is 705 g/mol. The Labute approximate surface area is 320 Å². The van der Waals surface area contributed by atoms with E-state index in [-0.39, 0.29) is 24.3 Å². The van der Waals surface area contributed by atoms with Crippen LogP contribution in [0.15, 0.2) is 49.1 Å². The molecule has 0 unspecified atom stereocenters. The quantitative estimate of drug-likeness (QED) is 0.158. The maximum Gasteiger partial charge on any atom is 0.410 e. The van der Waals surface area contributed by atoms with Crippen molar-refractivity contribution in [3.63, 3.8) is 0 Å². The Hall–Kier alpha value is -4.43. The molecule has 1 N–H and O–H groups in total. The van der Waals surface area contributed by atoms with Crippen LogP contribution in [0.4, 0.5) is 9.59 Å². The van der Waals surface area contributed by atoms with E-state index in [0.717, 1.165) is 71.2 Å². The molecule has 2 saturated heterocycles. The lowest BCUT2D eigenvalue weighted by atomic mass is 10.1. The van der Waals surface area contributed by atoms with E-state index in [0.29, 0.717) is 32.3 Å². The van der Waals surface area contributed by atoms with Crippen LogP contribution < -0.4 is 0 Å². The average molecular weight is 761 g/mol. The maximum absolute atomic E-state index is 13.2. The first-order valence-electron chi connectivity index (χ1n) is 18.7. The summed E-state index contributed by atoms with van der Waals surface area (Å²) in [5.41, 5.74) is 3.19. The molecule has 2 fully saturated rings. The highest BCUT2D eigenvalue weighted by Crippen LogP contribution is 2.37. The maximum atomic E-state index is 13.2. The van der Waals surface area contributed by atoms with Crippen molar-refractivity contribution in [1.29, 1.82) is 0 Å². The van der Waals surface area contributed by atoms with Crippen LogP contribution in [0.2, 0.25) is 0 Å². The molecular formula is C40H56N8O5S. The van der Waals surface area contributed by atoms with Crippen LogP contribution in [0.5, 0.6) is 0 Å². The Kier molecular flexibility index (Phi) is 11.4. The molecule has 4 aromatic rings. The van der Waals surface area contributed by atoms with E-state index < -0.39 is 21.2 Å². The van der Waals surface area contributed by atoms with Gasteiger partial charge in [-0.3, -0.25) is 9.80 Å². The van der Waals surface area contributed by atoms with Gasteiger partial charge in [0.05, 0.1) is 42.5 Å². The normalized spacial score (nSPS) is 18.3. The smallest absolute Gasteiger partial charge is 0.410 e. The predicted octanol–water partition coefficient (Wildman–Crippen LogP) is 8.21. The average Bonchev–Trinajstić information content (AvgIpc) is 3.91. The minimum Gasteiger partial charge on any atom is -0.444 e. The summed E-state index contributed by atoms with van der Waals surface area (Å²) in [7, 11) is -0.714. The minimum absolute atomic E-state index is 0.148. The largest absolute Gasteiger partial charge is 0.444 e. The molecule has 0 bridgehead atoms. The van der Waals surface area contributed by atoms with Crippen LogP contribution >= 0.6 is 10.0 Å². The molecule has 0 aliphatic carbocycles. The summed E-state index contributed by atoms with van der Waals surface area (Å²) in [6.07, 6.45) is 16.8. The molecule has 5 heterocycles. The van der Waals surface area contributed by atoms with Gasteiger partial charge in [0, 0.05) is 42.4 Å². The molecule has 1 aromatic carbocycles. The van der Waals surface area contributed by atoms with Crippen molar-refractivity contribution >= 4 is 22.2 Å². The third-order valence-electron chi connectivity index (χ3n) is 9.32. The van der Waals surface area contributed by atoms with Crippen molar-refractivity contribution in [1.82, 2.24) is 39.3 Å². The molecule has 2 aliphatic heterocycles. The minimum atomic E-state index is -0.714. The van der Waals surface area contributed by atoms with Crippen molar-refractivity contribution in [3.05, 3.63) is 60.7 Å². The first-order valence-corrected chi connectivity index (χ1v) is 21.7. The van der Waals surface area contributed by atoms with Gasteiger partial charge in [-0.1, -0.05) is 24.3 Å². The lowest BCUT2D eigenvalue weighted by Gasteiger charge is -2.29. The monoisotopic (exact) mass is 760 g/mol. The van der Waals surface area contributed by atoms with Crippen molar-refractivity contribution in [3.8, 4) is 33.9 Å². The molecule has 2 amide bonds. The van der Waals surface area contributed by atoms with Gasteiger partial charge in [-0.25, -0.2) is 39.6 Å². The van der Waals surface area contributed by atoms with Gasteiger partial charge < -0.3 is 23.8 Å². The lowest BCUT2D eigenvalue weighted by molar-refractivity contribution is 0.0199. The number of carbonyl (C=O) groups excluding carboxylic acids is 2. The van der Waals surface area contributed by atoms with Crippen LogP contribution in [0, 0.1) is 0 Å². The highest BCUT2D eigenvalue weighted by molar-refractivity contribution is 8.32. The van der Waals surface area contributed by atoms with E-state index in [2.05, 4.69) is 33.3 Å². The number of aromatic nitrogens is 6. The second-order valence-corrected chi connectivity index (χ2v) is 21.6. The molecule has 0 radical (unpaired) electrons. The molecule has 292 valence electrons. The molecule has 6 rings (SSSR count). The molecule has 0 spiro atoms. The summed E-state index contributed by atoms with van der Waals surface area (Å²) in [4.78, 5) is 52.0. The summed E-state index contributed by atoms with van der Waals surface area (Å²) < 4.78 is 19.7. The number of benzene rings is 1. The van der Waals surface area contributed by atoms with Gasteiger partial charge >= 0.3 is 12.2 Å². The number of nitrogens with one attached hydrogen (secondary N) is 1. The Morgan fingerprint density at radius 2 is 1.33 bits per heavy atom. The SMILES string of the molecule is CC(C)(C)OC(=O)N1CCC[C@H]1c1ncc(-c2ccc(-c3ncc(-c4cnc([C@@H]5CCCN5C(=O)OC(C)(C)C)n4COCCS(C)(C)C)cn3)cc2)[nH]1. The van der Waals surface area contributed by atoms with Gasteiger partial charge in [0.1, 0.15) is 29.6 Å². The molecule has 2 aliphatic rings. The number of aromatic amines is 1. The Morgan fingerprint density at radius 1 is 0.759 bits per heavy atom. The van der Waals surface area contributed by atoms with Crippen LogP contribution in [0.25, 0.3) is 33.9 Å². The fourth-order valence-electron chi connectivity index (χ4n) is 6.71. The highest BCUT2D eigenvalue weighted by atomic mass is 32.3. The Morgan fingerprint density at radius 3 is 1.93 bits per heavy atom. The van der Waals surface area contributed by atoms with E-state index in [4.69, 9.17) is 29.2 Å². The van der Waals surface area contributed by atoms with Crippen molar-refractivity contribution in [2.45, 2.75) is 97.2 Å². The number of nitrogens with zero attached hydrogens (tertiary/aromatic N) is 7. The Balaban J connectivity index is 1.18. The molecule has 0 saturated carbocycles. The van der Waals surface area contributed by atoms with Crippen LogP contribution in [0.1, 0.15) is 91.0 Å². The van der Waals surface area contributed by atoms with Crippen molar-refractivity contribution in [2.75, 3.05) is 44.2 Å². The fourth-order valence-corrected chi connectivity index (χ4v) is 7.33. The summed E-state index contributed by atoms with van der Waals surface area (Å²) >= 11 is 0. The van der Waals surface area contributed by atoms with E-state index in [1.807, 2.05) is 90.6 Å². The number of carbonyl (C=O) groups is 2. The zero-order valence-corrected chi connectivity index (χ0v) is 34.0. The van der Waals surface area contributed by atoms with E-state index in [9.17, 15) is 9.59 Å². The van der Waals surface area contributed by atoms with Gasteiger partial charge in [0.2, 0.25) is 0 Å². The summed E-state index contributed by atoms with van der Waals surface area (Å²) in [6.45, 7) is 13.5. The van der Waals surface area contributed by atoms with Crippen LogP contribution in [-0.2, 0) is 20.9 Å². The zero-order chi connectivity index (χ0) is 38.8. The molecule has 54 heavy (non-hydrogen) atoms. The molecule has 2 atom stereocenters. The van der Waals surface area contributed by atoms with Crippen molar-refractivity contribution < 1.29 is 23.8 Å². The summed E-state index contributed by atoms with van der Waals surface area (Å²) in [6, 6.07) is 7.64. The molecule has 14 heteroatoms. The number of hydrogen-bond donors (Lipinski definition) is 1. The second-order valence-electron chi connectivity index (χ2n) is 17.0. The third-order valence-corrected chi connectivity index (χ3v) is 10.7. The number of amides is 2. The lowest BCUT2D eigenvalue weighted by Crippen LogP contribution is -2.37. The zero-order valence-electron chi connectivity index (χ0n) is 33.2. The first-order chi connectivity index (χ1) is 25.5. The van der Waals surface area contributed by atoms with Gasteiger partial charge in [0.25, 0.3) is 0 Å². The van der Waals surface area contributed by atoms with E-state index in [1.54, 1.807) is 9.80 Å². The number of ether oxygens (including phenoxy) is 3. The topological polar surface area (TPSA) is 141 Å². The first kappa shape index (κ1) is 39.3.